The van der Waals surface area contributed by atoms with E-state index in [0.29, 0.717) is 18.2 Å². The van der Waals surface area contributed by atoms with Crippen LogP contribution in [0.3, 0.4) is 0 Å². The van der Waals surface area contributed by atoms with Crippen LogP contribution in [0.2, 0.25) is 0 Å². The molecule has 1 saturated carbocycles. The Kier molecular flexibility index (Phi) is 1.49. The van der Waals surface area contributed by atoms with Crippen molar-refractivity contribution < 1.29 is 0 Å². The Bertz CT molecular complexity index is 346. The fourth-order valence-electron chi connectivity index (χ4n) is 1.42. The highest BCUT2D eigenvalue weighted by molar-refractivity contribution is 5.44. The van der Waals surface area contributed by atoms with E-state index in [9.17, 15) is 4.79 Å². The van der Waals surface area contributed by atoms with Crippen molar-refractivity contribution in [1.82, 2.24) is 9.78 Å². The molecule has 4 nitrogen and oxygen atoms in total. The number of aryl methyl sites for hydroxylation is 1. The monoisotopic (exact) mass is 167 g/mol. The maximum Gasteiger partial charge on any atom is 0.289 e. The van der Waals surface area contributed by atoms with Gasteiger partial charge in [0.25, 0.3) is 5.56 Å². The molecule has 1 heterocycles. The predicted molar refractivity (Wildman–Crippen MR) is 47.1 cm³/mol. The highest BCUT2D eigenvalue weighted by atomic mass is 16.1. The van der Waals surface area contributed by atoms with Gasteiger partial charge in [0, 0.05) is 12.5 Å². The Morgan fingerprint density at radius 2 is 2.33 bits per heavy atom. The lowest BCUT2D eigenvalue weighted by Crippen LogP contribution is -2.17. The molecule has 0 radical (unpaired) electrons. The Balaban J connectivity index is 2.48. The zero-order chi connectivity index (χ0) is 8.72. The fourth-order valence-corrected chi connectivity index (χ4v) is 1.42. The van der Waals surface area contributed by atoms with Crippen LogP contribution >= 0.6 is 0 Å². The van der Waals surface area contributed by atoms with Crippen molar-refractivity contribution in [3.05, 3.63) is 16.0 Å². The van der Waals surface area contributed by atoms with Gasteiger partial charge in [-0.2, -0.15) is 0 Å². The largest absolute Gasteiger partial charge is 0.393 e. The first kappa shape index (κ1) is 7.46. The normalized spacial score (nSPS) is 16.8. The minimum atomic E-state index is -0.0700. The Morgan fingerprint density at radius 1 is 1.67 bits per heavy atom. The first-order valence-corrected chi connectivity index (χ1v) is 4.32. The zero-order valence-corrected chi connectivity index (χ0v) is 7.13. The highest BCUT2D eigenvalue weighted by Gasteiger charge is 2.28. The molecule has 1 aromatic rings. The summed E-state index contributed by atoms with van der Waals surface area (Å²) in [6, 6.07) is 0. The molecule has 66 valence electrons. The number of hydrogen-bond acceptors (Lipinski definition) is 2. The molecule has 1 aliphatic rings. The summed E-state index contributed by atoms with van der Waals surface area (Å²) in [4.78, 5) is 11.4. The van der Waals surface area contributed by atoms with Crippen LogP contribution < -0.4 is 11.3 Å². The number of nitrogens with one attached hydrogen (secondary N) is 1. The van der Waals surface area contributed by atoms with E-state index in [2.05, 4.69) is 5.10 Å². The van der Waals surface area contributed by atoms with E-state index in [-0.39, 0.29) is 5.56 Å². The number of nitrogens with zero attached hydrogens (tertiary/aromatic N) is 1. The molecule has 1 aromatic heterocycles. The first-order chi connectivity index (χ1) is 5.74. The van der Waals surface area contributed by atoms with E-state index in [1.807, 2.05) is 6.92 Å². The van der Waals surface area contributed by atoms with E-state index in [1.165, 1.54) is 0 Å². The average Bonchev–Trinajstić information content (AvgIpc) is 2.84. The van der Waals surface area contributed by atoms with Crippen LogP contribution in [0, 0.1) is 0 Å². The van der Waals surface area contributed by atoms with Crippen molar-refractivity contribution >= 4 is 5.69 Å². The molecule has 0 amide bonds. The van der Waals surface area contributed by atoms with Crippen molar-refractivity contribution in [2.75, 3.05) is 5.73 Å². The van der Waals surface area contributed by atoms with Gasteiger partial charge in [0.2, 0.25) is 0 Å². The summed E-state index contributed by atoms with van der Waals surface area (Å²) in [6.45, 7) is 2.59. The summed E-state index contributed by atoms with van der Waals surface area (Å²) in [5.41, 5.74) is 6.95. The Morgan fingerprint density at radius 3 is 2.75 bits per heavy atom. The summed E-state index contributed by atoms with van der Waals surface area (Å²) in [5, 5.41) is 3.04. The second-order valence-electron chi connectivity index (χ2n) is 3.26. The summed E-state index contributed by atoms with van der Waals surface area (Å²) < 4.78 is 1.56. The number of H-pyrrole nitrogens is 1. The lowest BCUT2D eigenvalue weighted by Gasteiger charge is -1.93. The molecular weight excluding hydrogens is 154 g/mol. The van der Waals surface area contributed by atoms with Gasteiger partial charge in [-0.15, -0.1) is 0 Å². The van der Waals surface area contributed by atoms with E-state index >= 15 is 0 Å². The smallest absolute Gasteiger partial charge is 0.289 e. The van der Waals surface area contributed by atoms with Gasteiger partial charge in [-0.25, -0.2) is 0 Å². The minimum Gasteiger partial charge on any atom is -0.393 e. The third-order valence-electron chi connectivity index (χ3n) is 2.32. The molecule has 2 rings (SSSR count). The molecule has 12 heavy (non-hydrogen) atoms. The van der Waals surface area contributed by atoms with E-state index in [0.717, 1.165) is 18.5 Å². The van der Waals surface area contributed by atoms with Crippen LogP contribution in [0.4, 0.5) is 5.69 Å². The number of aromatic nitrogens is 2. The summed E-state index contributed by atoms with van der Waals surface area (Å²) >= 11 is 0. The maximum absolute atomic E-state index is 11.4. The number of rotatable bonds is 2. The number of anilines is 1. The fraction of sp³-hybridized carbons (Fsp3) is 0.625. The number of hydrogen-bond donors (Lipinski definition) is 2. The topological polar surface area (TPSA) is 63.8 Å². The molecule has 0 saturated heterocycles. The first-order valence-electron chi connectivity index (χ1n) is 4.32. The van der Waals surface area contributed by atoms with Crippen molar-refractivity contribution in [2.45, 2.75) is 32.2 Å². The van der Waals surface area contributed by atoms with E-state index in [1.54, 1.807) is 4.68 Å². The molecule has 1 fully saturated rings. The maximum atomic E-state index is 11.4. The standard InChI is InChI=1S/C8H13N3O/c1-2-11-8(12)6(9)7(10-11)5-3-4-5/h5,10H,2-4,9H2,1H3. The van der Waals surface area contributed by atoms with E-state index < -0.39 is 0 Å². The summed E-state index contributed by atoms with van der Waals surface area (Å²) in [5.74, 6) is 0.519. The van der Waals surface area contributed by atoms with Crippen LogP contribution in [-0.2, 0) is 6.54 Å². The second kappa shape index (κ2) is 2.40. The summed E-state index contributed by atoms with van der Waals surface area (Å²) in [6.07, 6.45) is 2.32. The van der Waals surface area contributed by atoms with Gasteiger partial charge in [-0.05, 0) is 19.8 Å². The van der Waals surface area contributed by atoms with Gasteiger partial charge in [-0.1, -0.05) is 0 Å². The van der Waals surface area contributed by atoms with Gasteiger partial charge < -0.3 is 5.73 Å². The quantitative estimate of drug-likeness (QED) is 0.679. The molecule has 4 heteroatoms. The van der Waals surface area contributed by atoms with Crippen molar-refractivity contribution in [3.8, 4) is 0 Å². The molecule has 0 bridgehead atoms. The van der Waals surface area contributed by atoms with Gasteiger partial charge in [0.1, 0.15) is 5.69 Å². The molecule has 1 aliphatic carbocycles. The zero-order valence-electron chi connectivity index (χ0n) is 7.13. The van der Waals surface area contributed by atoms with Gasteiger partial charge in [0.05, 0.1) is 5.69 Å². The van der Waals surface area contributed by atoms with Gasteiger partial charge >= 0.3 is 0 Å². The van der Waals surface area contributed by atoms with Crippen LogP contribution in [0.15, 0.2) is 4.79 Å². The predicted octanol–water partition coefficient (Wildman–Crippen LogP) is 0.656. The molecule has 0 atom stereocenters. The third-order valence-corrected chi connectivity index (χ3v) is 2.32. The lowest BCUT2D eigenvalue weighted by molar-refractivity contribution is 0.628. The van der Waals surface area contributed by atoms with Gasteiger partial charge in [-0.3, -0.25) is 14.6 Å². The molecule has 3 N–H and O–H groups in total. The Labute approximate surface area is 70.4 Å². The Hall–Kier alpha value is -1.19. The van der Waals surface area contributed by atoms with Crippen molar-refractivity contribution in [2.24, 2.45) is 0 Å². The van der Waals surface area contributed by atoms with E-state index in [4.69, 9.17) is 5.73 Å². The molecule has 0 aromatic carbocycles. The molecular formula is C8H13N3O. The summed E-state index contributed by atoms with van der Waals surface area (Å²) in [7, 11) is 0. The van der Waals surface area contributed by atoms with Crippen LogP contribution in [0.25, 0.3) is 0 Å². The van der Waals surface area contributed by atoms with Crippen molar-refractivity contribution in [3.63, 3.8) is 0 Å². The molecule has 0 spiro atoms. The van der Waals surface area contributed by atoms with Crippen LogP contribution in [0.1, 0.15) is 31.4 Å². The lowest BCUT2D eigenvalue weighted by atomic mass is 10.3. The van der Waals surface area contributed by atoms with Crippen LogP contribution in [-0.4, -0.2) is 9.78 Å². The second-order valence-corrected chi connectivity index (χ2v) is 3.26. The SMILES string of the molecule is CCn1[nH]c(C2CC2)c(N)c1=O. The number of aromatic amines is 1. The number of nitrogen functional groups attached to an aromatic ring is 1. The van der Waals surface area contributed by atoms with Gasteiger partial charge in [0.15, 0.2) is 0 Å². The molecule has 0 unspecified atom stereocenters. The van der Waals surface area contributed by atoms with Crippen molar-refractivity contribution in [1.29, 1.82) is 0 Å². The number of nitrogens with two attached hydrogens (primary N) is 1. The highest BCUT2D eigenvalue weighted by Crippen LogP contribution is 2.40. The average molecular weight is 167 g/mol. The molecule has 0 aliphatic heterocycles. The van der Waals surface area contributed by atoms with Crippen LogP contribution in [0.5, 0.6) is 0 Å². The minimum absolute atomic E-state index is 0.0700. The third kappa shape index (κ3) is 0.948.